The molecule has 0 amide bonds. The lowest BCUT2D eigenvalue weighted by Gasteiger charge is -2.31. The summed E-state index contributed by atoms with van der Waals surface area (Å²) in [5, 5.41) is 9.15. The third kappa shape index (κ3) is 5.54. The molecule has 0 bridgehead atoms. The zero-order valence-corrected chi connectivity index (χ0v) is 16.7. The van der Waals surface area contributed by atoms with Crippen molar-refractivity contribution < 1.29 is 38.5 Å². The summed E-state index contributed by atoms with van der Waals surface area (Å²) >= 11 is 0. The first kappa shape index (κ1) is 23.1. The van der Waals surface area contributed by atoms with Gasteiger partial charge in [0.1, 0.15) is 0 Å². The molecule has 0 aliphatic heterocycles. The van der Waals surface area contributed by atoms with Crippen molar-refractivity contribution in [2.75, 3.05) is 27.4 Å². The second-order valence-corrected chi connectivity index (χ2v) is 6.77. The van der Waals surface area contributed by atoms with Crippen molar-refractivity contribution in [1.82, 2.24) is 0 Å². The highest BCUT2D eigenvalue weighted by Crippen LogP contribution is 2.39. The van der Waals surface area contributed by atoms with Gasteiger partial charge in [0.25, 0.3) is 5.09 Å². The van der Waals surface area contributed by atoms with Gasteiger partial charge in [-0.3, -0.25) is 14.4 Å². The van der Waals surface area contributed by atoms with Gasteiger partial charge < -0.3 is 19.0 Å². The van der Waals surface area contributed by atoms with E-state index < -0.39 is 28.0 Å². The first-order chi connectivity index (χ1) is 13.1. The highest BCUT2D eigenvalue weighted by Gasteiger charge is 2.42. The van der Waals surface area contributed by atoms with Crippen LogP contribution in [0.2, 0.25) is 0 Å². The van der Waals surface area contributed by atoms with E-state index >= 15 is 0 Å². The van der Waals surface area contributed by atoms with Gasteiger partial charge in [-0.15, -0.1) is 10.1 Å². The minimum atomic E-state index is -0.980. The second-order valence-electron chi connectivity index (χ2n) is 6.77. The Hall–Kier alpha value is -2.91. The average molecular weight is 399 g/mol. The molecular weight excluding hydrogens is 374 g/mol. The van der Waals surface area contributed by atoms with E-state index in [4.69, 9.17) is 14.2 Å². The highest BCUT2D eigenvalue weighted by atomic mass is 16.9. The zero-order valence-electron chi connectivity index (χ0n) is 16.7. The number of methoxy groups -OCH3 is 2. The minimum Gasteiger partial charge on any atom is -0.489 e. The molecule has 0 heterocycles. The Bertz CT molecular complexity index is 719. The monoisotopic (exact) mass is 399 g/mol. The van der Waals surface area contributed by atoms with E-state index in [-0.39, 0.29) is 42.3 Å². The molecule has 1 rings (SSSR count). The van der Waals surface area contributed by atoms with Gasteiger partial charge in [-0.05, 0) is 19.8 Å². The van der Waals surface area contributed by atoms with Crippen molar-refractivity contribution in [3.05, 3.63) is 32.8 Å². The quantitative estimate of drug-likeness (QED) is 0.168. The van der Waals surface area contributed by atoms with Crippen LogP contribution in [0, 0.1) is 15.5 Å². The van der Waals surface area contributed by atoms with Crippen LogP contribution in [-0.2, 0) is 33.4 Å². The van der Waals surface area contributed by atoms with Crippen LogP contribution in [-0.4, -0.2) is 50.1 Å². The van der Waals surface area contributed by atoms with Crippen molar-refractivity contribution in [1.29, 1.82) is 0 Å². The molecule has 10 heteroatoms. The Labute approximate surface area is 162 Å². The Kier molecular flexibility index (Phi) is 8.15. The summed E-state index contributed by atoms with van der Waals surface area (Å²) < 4.78 is 15.2. The predicted octanol–water partition coefficient (Wildman–Crippen LogP) is 1.91. The second kappa shape index (κ2) is 9.86. The third-order valence-corrected chi connectivity index (χ3v) is 4.23. The summed E-state index contributed by atoms with van der Waals surface area (Å²) in [5.41, 5.74) is -0.616. The maximum Gasteiger partial charge on any atom is 0.306 e. The number of hydrogen-bond acceptors (Lipinski definition) is 9. The fourth-order valence-electron chi connectivity index (χ4n) is 2.99. The fourth-order valence-corrected chi connectivity index (χ4v) is 2.99. The molecule has 0 unspecified atom stereocenters. The topological polar surface area (TPSA) is 131 Å². The number of rotatable bonds is 11. The van der Waals surface area contributed by atoms with Gasteiger partial charge >= 0.3 is 5.97 Å². The van der Waals surface area contributed by atoms with Crippen molar-refractivity contribution >= 4 is 17.5 Å². The fraction of sp³-hybridized carbons (Fsp3) is 0.611. The van der Waals surface area contributed by atoms with Crippen LogP contribution in [0.4, 0.5) is 0 Å². The lowest BCUT2D eigenvalue weighted by atomic mass is 9.73. The van der Waals surface area contributed by atoms with Gasteiger partial charge in [-0.25, -0.2) is 0 Å². The number of esters is 1. The summed E-state index contributed by atoms with van der Waals surface area (Å²) in [5.74, 6) is -1.89. The van der Waals surface area contributed by atoms with Crippen LogP contribution in [0.3, 0.4) is 0 Å². The molecular formula is C18H25NO9. The maximum absolute atomic E-state index is 12.8. The lowest BCUT2D eigenvalue weighted by Crippen LogP contribution is -2.34. The van der Waals surface area contributed by atoms with E-state index in [9.17, 15) is 24.5 Å². The van der Waals surface area contributed by atoms with Crippen molar-refractivity contribution in [2.24, 2.45) is 5.41 Å². The number of ether oxygens (including phenoxy) is 3. The van der Waals surface area contributed by atoms with Gasteiger partial charge in [0.15, 0.2) is 0 Å². The molecule has 0 atom stereocenters. The molecule has 10 nitrogen and oxygen atoms in total. The molecule has 1 aliphatic rings. The molecule has 0 saturated heterocycles. The summed E-state index contributed by atoms with van der Waals surface area (Å²) in [6, 6.07) is 0. The SMILES string of the molecule is COC1=C(OC)C(=O)C(C(C)(C)CC(=O)OCCCCO[N+](=O)[O-])=C(C)C1=O. The number of Topliss-reactive ketones (excluding diaryl/α,β-unsaturated/α-hetero) is 2. The van der Waals surface area contributed by atoms with Gasteiger partial charge in [-0.1, -0.05) is 13.8 Å². The molecule has 0 N–H and O–H groups in total. The summed E-state index contributed by atoms with van der Waals surface area (Å²) in [6.07, 6.45) is 0.618. The van der Waals surface area contributed by atoms with E-state index in [1.54, 1.807) is 13.8 Å². The minimum absolute atomic E-state index is 0.0674. The molecule has 0 aromatic heterocycles. The van der Waals surface area contributed by atoms with Crippen LogP contribution < -0.4 is 0 Å². The predicted molar refractivity (Wildman–Crippen MR) is 95.3 cm³/mol. The number of hydrogen-bond donors (Lipinski definition) is 0. The number of unbranched alkanes of at least 4 members (excludes halogenated alkanes) is 1. The molecule has 0 saturated carbocycles. The van der Waals surface area contributed by atoms with Crippen molar-refractivity contribution in [2.45, 2.75) is 40.0 Å². The van der Waals surface area contributed by atoms with Crippen LogP contribution in [0.5, 0.6) is 0 Å². The van der Waals surface area contributed by atoms with Crippen LogP contribution in [0.15, 0.2) is 22.7 Å². The maximum atomic E-state index is 12.8. The Morgan fingerprint density at radius 3 is 2.11 bits per heavy atom. The van der Waals surface area contributed by atoms with E-state index in [0.29, 0.717) is 12.8 Å². The van der Waals surface area contributed by atoms with Crippen LogP contribution in [0.25, 0.3) is 0 Å². The summed E-state index contributed by atoms with van der Waals surface area (Å²) in [4.78, 5) is 51.6. The standard InChI is InChI=1S/C18H25NO9/c1-11-13(15(22)17(26-5)16(25-4)14(11)21)18(2,3)10-12(20)27-8-6-7-9-28-19(23)24/h6-10H2,1-5H3. The van der Waals surface area contributed by atoms with Gasteiger partial charge in [0, 0.05) is 16.6 Å². The molecule has 0 aromatic carbocycles. The molecule has 156 valence electrons. The van der Waals surface area contributed by atoms with Gasteiger partial charge in [-0.2, -0.15) is 0 Å². The van der Waals surface area contributed by atoms with Crippen molar-refractivity contribution in [3.63, 3.8) is 0 Å². The molecule has 1 aliphatic carbocycles. The van der Waals surface area contributed by atoms with Gasteiger partial charge in [0.2, 0.25) is 23.1 Å². The third-order valence-electron chi connectivity index (χ3n) is 4.23. The summed E-state index contributed by atoms with van der Waals surface area (Å²) in [7, 11) is 2.54. The Morgan fingerprint density at radius 2 is 1.57 bits per heavy atom. The van der Waals surface area contributed by atoms with Gasteiger partial charge in [0.05, 0.1) is 33.9 Å². The molecule has 0 fully saturated rings. The van der Waals surface area contributed by atoms with Crippen LogP contribution >= 0.6 is 0 Å². The van der Waals surface area contributed by atoms with Crippen molar-refractivity contribution in [3.8, 4) is 0 Å². The molecule has 0 radical (unpaired) electrons. The lowest BCUT2D eigenvalue weighted by molar-refractivity contribution is -0.757. The zero-order chi connectivity index (χ0) is 21.5. The Balaban J connectivity index is 2.77. The number of carbonyl (C=O) groups is 3. The van der Waals surface area contributed by atoms with E-state index in [0.717, 1.165) is 0 Å². The normalized spacial score (nSPS) is 14.9. The molecule has 28 heavy (non-hydrogen) atoms. The van der Waals surface area contributed by atoms with E-state index in [1.807, 2.05) is 0 Å². The van der Waals surface area contributed by atoms with E-state index in [2.05, 4.69) is 4.84 Å². The average Bonchev–Trinajstić information content (AvgIpc) is 2.59. The number of ketones is 2. The largest absolute Gasteiger partial charge is 0.489 e. The number of carbonyl (C=O) groups excluding carboxylic acids is 3. The van der Waals surface area contributed by atoms with Crippen LogP contribution in [0.1, 0.15) is 40.0 Å². The smallest absolute Gasteiger partial charge is 0.306 e. The molecule has 0 aromatic rings. The summed E-state index contributed by atoms with van der Waals surface area (Å²) in [6.45, 7) is 4.82. The Morgan fingerprint density at radius 1 is 1.04 bits per heavy atom. The molecule has 0 spiro atoms. The number of nitrogens with zero attached hydrogens (tertiary/aromatic N) is 1. The van der Waals surface area contributed by atoms with E-state index in [1.165, 1.54) is 21.1 Å². The first-order valence-corrected chi connectivity index (χ1v) is 8.62. The highest BCUT2D eigenvalue weighted by molar-refractivity contribution is 6.24. The number of allylic oxidation sites excluding steroid dienone is 2. The first-order valence-electron chi connectivity index (χ1n) is 8.62.